The van der Waals surface area contributed by atoms with Gasteiger partial charge in [0.15, 0.2) is 5.96 Å². The summed E-state index contributed by atoms with van der Waals surface area (Å²) in [6.07, 6.45) is 0.849. The molecule has 8 nitrogen and oxygen atoms in total. The third-order valence-electron chi connectivity index (χ3n) is 5.27. The standard InChI is InChI=1S/C22H33N5O3.HI/c1-22(2,3)30-21(29)26-13-11-25(12-14-26)20(23)24-10-6-9-19(28)27-15-17-7-4-5-8-18(17)16-27;/h4-5,7-8H,6,9-16H2,1-3H3,(H2,23,24);1H. The highest BCUT2D eigenvalue weighted by atomic mass is 127. The van der Waals surface area contributed by atoms with Crippen molar-refractivity contribution in [1.29, 1.82) is 0 Å². The van der Waals surface area contributed by atoms with Gasteiger partial charge in [-0.25, -0.2) is 4.79 Å². The monoisotopic (exact) mass is 543 g/mol. The van der Waals surface area contributed by atoms with E-state index in [1.165, 1.54) is 11.1 Å². The number of rotatable bonds is 4. The molecule has 0 atom stereocenters. The molecule has 2 aliphatic heterocycles. The van der Waals surface area contributed by atoms with Gasteiger partial charge in [0.25, 0.3) is 0 Å². The normalized spacial score (nSPS) is 16.6. The van der Waals surface area contributed by atoms with Gasteiger partial charge in [-0.05, 0) is 38.3 Å². The molecule has 0 saturated carbocycles. The Morgan fingerprint density at radius 2 is 1.55 bits per heavy atom. The minimum atomic E-state index is -0.496. The fraction of sp³-hybridized carbons (Fsp3) is 0.591. The van der Waals surface area contributed by atoms with Gasteiger partial charge in [-0.15, -0.1) is 24.0 Å². The Balaban J connectivity index is 0.00000341. The van der Waals surface area contributed by atoms with Gasteiger partial charge >= 0.3 is 6.09 Å². The van der Waals surface area contributed by atoms with Crippen molar-refractivity contribution in [1.82, 2.24) is 14.7 Å². The fourth-order valence-corrected chi connectivity index (χ4v) is 3.64. The van der Waals surface area contributed by atoms with Crippen molar-refractivity contribution in [2.24, 2.45) is 10.7 Å². The van der Waals surface area contributed by atoms with Crippen molar-refractivity contribution in [2.45, 2.75) is 52.3 Å². The van der Waals surface area contributed by atoms with E-state index in [1.54, 1.807) is 4.90 Å². The molecular weight excluding hydrogens is 509 g/mol. The Morgan fingerprint density at radius 1 is 1.00 bits per heavy atom. The quantitative estimate of drug-likeness (QED) is 0.273. The number of hydrogen-bond donors (Lipinski definition) is 1. The van der Waals surface area contributed by atoms with Crippen LogP contribution in [0.5, 0.6) is 0 Å². The lowest BCUT2D eigenvalue weighted by Crippen LogP contribution is -2.53. The van der Waals surface area contributed by atoms with Crippen molar-refractivity contribution in [2.75, 3.05) is 32.7 Å². The number of nitrogens with two attached hydrogens (primary N) is 1. The van der Waals surface area contributed by atoms with Gasteiger partial charge in [-0.1, -0.05) is 24.3 Å². The number of carbonyl (C=O) groups is 2. The number of halogens is 1. The van der Waals surface area contributed by atoms with Gasteiger partial charge in [0.2, 0.25) is 5.91 Å². The highest BCUT2D eigenvalue weighted by Gasteiger charge is 2.26. The summed E-state index contributed by atoms with van der Waals surface area (Å²) in [5.41, 5.74) is 8.09. The summed E-state index contributed by atoms with van der Waals surface area (Å²) in [6, 6.07) is 8.18. The lowest BCUT2D eigenvalue weighted by atomic mass is 10.1. The lowest BCUT2D eigenvalue weighted by Gasteiger charge is -2.36. The number of guanidine groups is 1. The molecule has 0 unspecified atom stereocenters. The van der Waals surface area contributed by atoms with E-state index in [4.69, 9.17) is 10.5 Å². The minimum Gasteiger partial charge on any atom is -0.444 e. The molecule has 2 heterocycles. The summed E-state index contributed by atoms with van der Waals surface area (Å²) in [5.74, 6) is 0.630. The summed E-state index contributed by atoms with van der Waals surface area (Å²) in [4.78, 5) is 34.6. The van der Waals surface area contributed by atoms with Crippen LogP contribution in [0.15, 0.2) is 29.3 Å². The SMILES string of the molecule is CC(C)(C)OC(=O)N1CCN(C(N)=NCCCC(=O)N2Cc3ccccc3C2)CC1.I. The van der Waals surface area contributed by atoms with Crippen LogP contribution in [-0.2, 0) is 22.6 Å². The molecule has 0 spiro atoms. The third kappa shape index (κ3) is 7.26. The Labute approximate surface area is 201 Å². The topological polar surface area (TPSA) is 91.5 Å². The van der Waals surface area contributed by atoms with Gasteiger partial charge in [0.05, 0.1) is 0 Å². The molecule has 9 heteroatoms. The van der Waals surface area contributed by atoms with E-state index in [0.717, 1.165) is 0 Å². The van der Waals surface area contributed by atoms with E-state index in [9.17, 15) is 9.59 Å². The number of fused-ring (bicyclic) bond motifs is 1. The van der Waals surface area contributed by atoms with E-state index in [0.29, 0.717) is 64.6 Å². The molecular formula is C22H34IN5O3. The smallest absolute Gasteiger partial charge is 0.410 e. The zero-order valence-electron chi connectivity index (χ0n) is 18.7. The maximum absolute atomic E-state index is 12.4. The molecule has 0 aliphatic carbocycles. The number of carbonyl (C=O) groups excluding carboxylic acids is 2. The van der Waals surface area contributed by atoms with Gasteiger partial charge < -0.3 is 25.2 Å². The summed E-state index contributed by atoms with van der Waals surface area (Å²) in [5, 5.41) is 0. The molecule has 1 aromatic carbocycles. The molecule has 172 valence electrons. The number of amides is 2. The molecule has 0 bridgehead atoms. The largest absolute Gasteiger partial charge is 0.444 e. The highest BCUT2D eigenvalue weighted by molar-refractivity contribution is 14.0. The number of nitrogens with zero attached hydrogens (tertiary/aromatic N) is 4. The van der Waals surface area contributed by atoms with E-state index < -0.39 is 5.60 Å². The van der Waals surface area contributed by atoms with E-state index in [2.05, 4.69) is 17.1 Å². The van der Waals surface area contributed by atoms with Crippen LogP contribution >= 0.6 is 24.0 Å². The number of hydrogen-bond acceptors (Lipinski definition) is 4. The Hall–Kier alpha value is -2.04. The zero-order valence-corrected chi connectivity index (χ0v) is 21.0. The van der Waals surface area contributed by atoms with Crippen LogP contribution in [0.2, 0.25) is 0 Å². The molecule has 2 N–H and O–H groups in total. The van der Waals surface area contributed by atoms with Crippen LogP contribution in [0.3, 0.4) is 0 Å². The van der Waals surface area contributed by atoms with E-state index in [-0.39, 0.29) is 36.0 Å². The average Bonchev–Trinajstić information content (AvgIpc) is 3.14. The zero-order chi connectivity index (χ0) is 21.7. The fourth-order valence-electron chi connectivity index (χ4n) is 3.64. The molecule has 2 amide bonds. The molecule has 31 heavy (non-hydrogen) atoms. The first-order valence-corrected chi connectivity index (χ1v) is 10.6. The number of aliphatic imine (C=N–C) groups is 1. The van der Waals surface area contributed by atoms with Crippen molar-refractivity contribution in [3.8, 4) is 0 Å². The average molecular weight is 543 g/mol. The van der Waals surface area contributed by atoms with Crippen molar-refractivity contribution in [3.05, 3.63) is 35.4 Å². The Morgan fingerprint density at radius 3 is 2.10 bits per heavy atom. The number of piperazine rings is 1. The minimum absolute atomic E-state index is 0. The summed E-state index contributed by atoms with van der Waals surface area (Å²) < 4.78 is 5.41. The van der Waals surface area contributed by atoms with Gasteiger partial charge in [0, 0.05) is 52.2 Å². The van der Waals surface area contributed by atoms with Gasteiger partial charge in [0.1, 0.15) is 5.60 Å². The van der Waals surface area contributed by atoms with Crippen LogP contribution in [0.1, 0.15) is 44.7 Å². The molecule has 3 rings (SSSR count). The third-order valence-corrected chi connectivity index (χ3v) is 5.27. The van der Waals surface area contributed by atoms with E-state index >= 15 is 0 Å². The molecule has 1 aromatic rings. The summed E-state index contributed by atoms with van der Waals surface area (Å²) in [6.45, 7) is 9.85. The Kier molecular flexibility index (Phi) is 8.96. The van der Waals surface area contributed by atoms with Gasteiger partial charge in [-0.3, -0.25) is 9.79 Å². The Bertz CT molecular complexity index is 776. The van der Waals surface area contributed by atoms with E-state index in [1.807, 2.05) is 42.7 Å². The van der Waals surface area contributed by atoms with Crippen molar-refractivity contribution in [3.63, 3.8) is 0 Å². The molecule has 2 aliphatic rings. The molecule has 0 radical (unpaired) electrons. The van der Waals surface area contributed by atoms with Gasteiger partial charge in [-0.2, -0.15) is 0 Å². The predicted molar refractivity (Wildman–Crippen MR) is 131 cm³/mol. The molecule has 1 saturated heterocycles. The predicted octanol–water partition coefficient (Wildman–Crippen LogP) is 2.79. The lowest BCUT2D eigenvalue weighted by molar-refractivity contribution is -0.131. The highest BCUT2D eigenvalue weighted by Crippen LogP contribution is 2.23. The number of benzene rings is 1. The van der Waals surface area contributed by atoms with Crippen LogP contribution in [0.25, 0.3) is 0 Å². The second-order valence-corrected chi connectivity index (χ2v) is 8.82. The van der Waals surface area contributed by atoms with Crippen molar-refractivity contribution >= 4 is 41.9 Å². The van der Waals surface area contributed by atoms with Crippen molar-refractivity contribution < 1.29 is 14.3 Å². The van der Waals surface area contributed by atoms with Crippen LogP contribution in [0.4, 0.5) is 4.79 Å². The second kappa shape index (κ2) is 11.0. The first kappa shape index (κ1) is 25.2. The summed E-state index contributed by atoms with van der Waals surface area (Å²) >= 11 is 0. The number of ether oxygens (including phenoxy) is 1. The molecule has 0 aromatic heterocycles. The van der Waals surface area contributed by atoms with Crippen LogP contribution < -0.4 is 5.73 Å². The maximum Gasteiger partial charge on any atom is 0.410 e. The molecule has 1 fully saturated rings. The first-order valence-electron chi connectivity index (χ1n) is 10.6. The maximum atomic E-state index is 12.4. The summed E-state index contributed by atoms with van der Waals surface area (Å²) in [7, 11) is 0. The van der Waals surface area contributed by atoms with Crippen LogP contribution in [-0.4, -0.2) is 71.0 Å². The van der Waals surface area contributed by atoms with Crippen LogP contribution in [0, 0.1) is 0 Å². The first-order chi connectivity index (χ1) is 14.2. The second-order valence-electron chi connectivity index (χ2n) is 8.82.